The number of aliphatic hydroxyl groups excluding tert-OH is 1. The first-order chi connectivity index (χ1) is 28.4. The first kappa shape index (κ1) is 43.1. The van der Waals surface area contributed by atoms with Gasteiger partial charge in [0.05, 0.1) is 47.1 Å². The monoisotopic (exact) mass is 913 g/mol. The van der Waals surface area contributed by atoms with Gasteiger partial charge in [-0.15, -0.1) is 0 Å². The third-order valence-corrected chi connectivity index (χ3v) is 11.4. The Hall–Kier alpha value is -3.96. The number of nitrogens with zero attached hydrogens (tertiary/aromatic N) is 4. The second-order valence-corrected chi connectivity index (χ2v) is 18.6. The molecule has 9 rings (SSSR count). The molecule has 6 aromatic rings. The van der Waals surface area contributed by atoms with Crippen molar-refractivity contribution < 1.29 is 37.0 Å². The van der Waals surface area contributed by atoms with Gasteiger partial charge in [0.15, 0.2) is 17.5 Å². The number of fused-ring (bicyclic) bond motifs is 2. The molecule has 0 saturated carbocycles. The molecule has 0 radical (unpaired) electrons. The SMILES string of the molecule is CS(C)(=O)=Nc1ccc(-c2ccc(-c3nc4cc(OC5CCCOC5)[nH]c4cc3F)cc2)cc1.Fc1cc2c(cc(Cl)n2C2CCCCO2)nc1Br.OC1CCCOC1. The number of benzene rings is 2. The van der Waals surface area contributed by atoms with Crippen molar-refractivity contribution in [3.63, 3.8) is 0 Å². The first-order valence-electron chi connectivity index (χ1n) is 19.6. The van der Waals surface area contributed by atoms with E-state index in [9.17, 15) is 13.0 Å². The smallest absolute Gasteiger partial charge is 0.193 e. The predicted octanol–water partition coefficient (Wildman–Crippen LogP) is 10.4. The lowest BCUT2D eigenvalue weighted by atomic mass is 10.0. The van der Waals surface area contributed by atoms with E-state index in [1.807, 2.05) is 53.1 Å². The Morgan fingerprint density at radius 3 is 2.15 bits per heavy atom. The van der Waals surface area contributed by atoms with E-state index in [0.717, 1.165) is 69.3 Å². The Balaban J connectivity index is 0.000000174. The number of H-pyrrole nitrogens is 1. The van der Waals surface area contributed by atoms with Crippen LogP contribution in [0.2, 0.25) is 5.15 Å². The van der Waals surface area contributed by atoms with E-state index in [1.165, 1.54) is 12.1 Å². The molecule has 2 N–H and O–H groups in total. The van der Waals surface area contributed by atoms with Crippen LogP contribution in [0.4, 0.5) is 14.5 Å². The molecule has 3 fully saturated rings. The number of aromatic amines is 1. The lowest BCUT2D eigenvalue weighted by Crippen LogP contribution is -2.28. The van der Waals surface area contributed by atoms with E-state index in [4.69, 9.17) is 35.7 Å². The highest BCUT2D eigenvalue weighted by atomic mass is 79.9. The molecule has 59 heavy (non-hydrogen) atoms. The van der Waals surface area contributed by atoms with Crippen molar-refractivity contribution in [3.05, 3.63) is 94.2 Å². The summed E-state index contributed by atoms with van der Waals surface area (Å²) in [5.74, 6) is -0.222. The summed E-state index contributed by atoms with van der Waals surface area (Å²) in [6, 6.07) is 21.6. The average Bonchev–Trinajstić information content (AvgIpc) is 3.76. The molecule has 0 spiro atoms. The fraction of sp³-hybridized carbons (Fsp3) is 0.395. The molecule has 7 heterocycles. The number of pyridine rings is 2. The lowest BCUT2D eigenvalue weighted by Gasteiger charge is -2.25. The maximum Gasteiger partial charge on any atom is 0.193 e. The summed E-state index contributed by atoms with van der Waals surface area (Å²) in [7, 11) is -2.20. The molecule has 4 aromatic heterocycles. The van der Waals surface area contributed by atoms with Crippen LogP contribution in [0.25, 0.3) is 44.5 Å². The molecule has 3 aliphatic heterocycles. The van der Waals surface area contributed by atoms with Gasteiger partial charge in [-0.25, -0.2) is 23.0 Å². The number of ether oxygens (including phenoxy) is 4. The Labute approximate surface area is 355 Å². The minimum absolute atomic E-state index is 0.00514. The molecule has 0 bridgehead atoms. The third kappa shape index (κ3) is 11.5. The van der Waals surface area contributed by atoms with E-state index < -0.39 is 21.4 Å². The molecule has 314 valence electrons. The zero-order chi connectivity index (χ0) is 41.5. The molecule has 3 aliphatic rings. The van der Waals surface area contributed by atoms with Gasteiger partial charge in [0.2, 0.25) is 0 Å². The Morgan fingerprint density at radius 1 is 0.847 bits per heavy atom. The van der Waals surface area contributed by atoms with Crippen molar-refractivity contribution in [1.82, 2.24) is 19.5 Å². The molecule has 2 aromatic carbocycles. The van der Waals surface area contributed by atoms with Crippen LogP contribution in [0.1, 0.15) is 51.2 Å². The number of rotatable bonds is 6. The summed E-state index contributed by atoms with van der Waals surface area (Å²) in [6.07, 6.45) is 9.78. The minimum Gasteiger partial charge on any atom is -0.473 e. The van der Waals surface area contributed by atoms with Gasteiger partial charge >= 0.3 is 0 Å². The van der Waals surface area contributed by atoms with Gasteiger partial charge in [0, 0.05) is 71.9 Å². The van der Waals surface area contributed by atoms with Crippen LogP contribution in [-0.4, -0.2) is 86.6 Å². The number of halogens is 4. The molecular formula is C43H47BrClF2N5O6S. The van der Waals surface area contributed by atoms with Gasteiger partial charge in [0.1, 0.15) is 27.8 Å². The number of hydrogen-bond acceptors (Lipinski definition) is 9. The van der Waals surface area contributed by atoms with E-state index >= 15 is 0 Å². The fourth-order valence-corrected chi connectivity index (χ4v) is 8.29. The van der Waals surface area contributed by atoms with Crippen molar-refractivity contribution in [2.24, 2.45) is 4.36 Å². The molecular weight excluding hydrogens is 868 g/mol. The van der Waals surface area contributed by atoms with E-state index in [1.54, 1.807) is 24.6 Å². The van der Waals surface area contributed by atoms with Crippen LogP contribution >= 0.6 is 27.5 Å². The van der Waals surface area contributed by atoms with Gasteiger partial charge in [-0.3, -0.25) is 0 Å². The van der Waals surface area contributed by atoms with Crippen molar-refractivity contribution in [2.45, 2.75) is 63.4 Å². The normalized spacial score (nSPS) is 19.7. The van der Waals surface area contributed by atoms with Crippen LogP contribution in [0.15, 0.2) is 81.8 Å². The second kappa shape index (κ2) is 19.6. The molecule has 16 heteroatoms. The van der Waals surface area contributed by atoms with Crippen LogP contribution in [0.3, 0.4) is 0 Å². The van der Waals surface area contributed by atoms with Crippen molar-refractivity contribution >= 4 is 65.0 Å². The fourth-order valence-electron chi connectivity index (χ4n) is 7.06. The van der Waals surface area contributed by atoms with Crippen molar-refractivity contribution in [3.8, 4) is 28.3 Å². The molecule has 3 atom stereocenters. The van der Waals surface area contributed by atoms with Crippen LogP contribution in [-0.2, 0) is 23.9 Å². The molecule has 0 amide bonds. The van der Waals surface area contributed by atoms with Crippen LogP contribution in [0.5, 0.6) is 5.88 Å². The summed E-state index contributed by atoms with van der Waals surface area (Å²) >= 11 is 9.29. The maximum atomic E-state index is 14.9. The van der Waals surface area contributed by atoms with Crippen LogP contribution in [0, 0.1) is 11.6 Å². The first-order valence-corrected chi connectivity index (χ1v) is 23.1. The highest BCUT2D eigenvalue weighted by molar-refractivity contribution is 9.10. The summed E-state index contributed by atoms with van der Waals surface area (Å²) in [6.45, 7) is 3.41. The number of hydrogen-bond donors (Lipinski definition) is 2. The summed E-state index contributed by atoms with van der Waals surface area (Å²) < 4.78 is 68.6. The summed E-state index contributed by atoms with van der Waals surface area (Å²) in [5, 5.41) is 9.31. The Kier molecular flexibility index (Phi) is 14.3. The number of aromatic nitrogens is 4. The standard InChI is InChI=1S/C26H26FN3O3S.C12H11BrClFN2O.C5H10O2/c1-34(2,31)30-20-11-9-18(10-12-20)17-5-7-19(8-6-17)26-22(27)14-23-24(29-26)15-25(28-23)33-21-4-3-13-32-16-21;13-12-7(15)5-9-8(16-12)6-10(14)17(9)11-3-1-2-4-18-11;6-5-2-1-3-7-4-5/h5-12,14-15,21,28H,3-4,13,16H2,1-2H3;5-6,11H,1-4H2;5-6H,1-4H2. The van der Waals surface area contributed by atoms with Gasteiger partial charge in [0.25, 0.3) is 0 Å². The zero-order valence-corrected chi connectivity index (χ0v) is 36.0. The van der Waals surface area contributed by atoms with Crippen molar-refractivity contribution in [1.29, 1.82) is 0 Å². The third-order valence-electron chi connectivity index (χ3n) is 9.89. The van der Waals surface area contributed by atoms with E-state index in [-0.39, 0.29) is 23.0 Å². The highest BCUT2D eigenvalue weighted by Gasteiger charge is 2.22. The molecule has 3 unspecified atom stereocenters. The maximum absolute atomic E-state index is 14.9. The van der Waals surface area contributed by atoms with E-state index in [2.05, 4.69) is 35.2 Å². The summed E-state index contributed by atoms with van der Waals surface area (Å²) in [4.78, 5) is 11.8. The van der Waals surface area contributed by atoms with Gasteiger partial charge in [-0.1, -0.05) is 48.0 Å². The van der Waals surface area contributed by atoms with Crippen LogP contribution < -0.4 is 4.74 Å². The molecule has 3 saturated heterocycles. The lowest BCUT2D eigenvalue weighted by molar-refractivity contribution is -0.0290. The topological polar surface area (TPSA) is 133 Å². The van der Waals surface area contributed by atoms with Gasteiger partial charge < -0.3 is 33.6 Å². The second-order valence-electron chi connectivity index (χ2n) is 14.9. The van der Waals surface area contributed by atoms with Gasteiger partial charge in [-0.05, 0) is 84.1 Å². The minimum atomic E-state index is -2.20. The number of nitrogens with one attached hydrogen (secondary N) is 1. The van der Waals surface area contributed by atoms with Gasteiger partial charge in [-0.2, -0.15) is 4.36 Å². The molecule has 11 nitrogen and oxygen atoms in total. The quantitative estimate of drug-likeness (QED) is 0.158. The number of aliphatic hydroxyl groups is 1. The highest BCUT2D eigenvalue weighted by Crippen LogP contribution is 2.34. The zero-order valence-electron chi connectivity index (χ0n) is 32.8. The summed E-state index contributed by atoms with van der Waals surface area (Å²) in [5.41, 5.74) is 6.23. The largest absolute Gasteiger partial charge is 0.473 e. The van der Waals surface area contributed by atoms with E-state index in [0.29, 0.717) is 69.9 Å². The predicted molar refractivity (Wildman–Crippen MR) is 231 cm³/mol. The molecule has 0 aliphatic carbocycles. The Bertz CT molecular complexity index is 2470. The van der Waals surface area contributed by atoms with Crippen molar-refractivity contribution in [2.75, 3.05) is 45.5 Å². The average molecular weight is 915 g/mol. The Morgan fingerprint density at radius 2 is 1.54 bits per heavy atom.